The Kier molecular flexibility index (Phi) is 6.22. The van der Waals surface area contributed by atoms with Crippen LogP contribution in [-0.4, -0.2) is 12.5 Å². The van der Waals surface area contributed by atoms with Gasteiger partial charge in [-0.3, -0.25) is 8.32 Å². The summed E-state index contributed by atoms with van der Waals surface area (Å²) in [5, 5.41) is 0. The summed E-state index contributed by atoms with van der Waals surface area (Å²) >= 11 is 1.86. The van der Waals surface area contributed by atoms with E-state index in [1.165, 1.54) is 5.56 Å². The van der Waals surface area contributed by atoms with Crippen LogP contribution in [0.25, 0.3) is 0 Å². The number of benzene rings is 1. The van der Waals surface area contributed by atoms with E-state index >= 15 is 0 Å². The van der Waals surface area contributed by atoms with Crippen molar-refractivity contribution >= 4 is 28.8 Å². The molecule has 4 heteroatoms. The zero-order valence-electron chi connectivity index (χ0n) is 9.33. The SMILES string of the molecule is Cc1ccc(OCCCCC(=O)NI)cc1. The number of hydrogen-bond acceptors (Lipinski definition) is 2. The van der Waals surface area contributed by atoms with Crippen molar-refractivity contribution < 1.29 is 9.53 Å². The first-order valence-corrected chi connectivity index (χ1v) is 6.39. The Morgan fingerprint density at radius 1 is 1.31 bits per heavy atom. The van der Waals surface area contributed by atoms with E-state index in [1.807, 2.05) is 54.1 Å². The highest BCUT2D eigenvalue weighted by Crippen LogP contribution is 2.11. The zero-order valence-corrected chi connectivity index (χ0v) is 11.5. The fourth-order valence-corrected chi connectivity index (χ4v) is 1.53. The van der Waals surface area contributed by atoms with Crippen molar-refractivity contribution in [3.8, 4) is 5.75 Å². The molecular formula is C12H16INO2. The van der Waals surface area contributed by atoms with Gasteiger partial charge in [0.1, 0.15) is 5.75 Å². The van der Waals surface area contributed by atoms with Gasteiger partial charge in [-0.15, -0.1) is 0 Å². The molecule has 0 bridgehead atoms. The third-order valence-corrected chi connectivity index (χ3v) is 2.79. The number of hydrogen-bond donors (Lipinski definition) is 1. The van der Waals surface area contributed by atoms with Gasteiger partial charge in [0.05, 0.1) is 29.5 Å². The number of unbranched alkanes of at least 4 members (excludes halogenated alkanes) is 1. The summed E-state index contributed by atoms with van der Waals surface area (Å²) in [5.74, 6) is 0.972. The van der Waals surface area contributed by atoms with Crippen molar-refractivity contribution in [2.45, 2.75) is 26.2 Å². The second kappa shape index (κ2) is 7.49. The highest BCUT2D eigenvalue weighted by Gasteiger charge is 1.98. The highest BCUT2D eigenvalue weighted by atomic mass is 127. The Balaban J connectivity index is 2.11. The van der Waals surface area contributed by atoms with Gasteiger partial charge in [-0.1, -0.05) is 17.7 Å². The lowest BCUT2D eigenvalue weighted by molar-refractivity contribution is -0.118. The Morgan fingerprint density at radius 2 is 2.00 bits per heavy atom. The summed E-state index contributed by atoms with van der Waals surface area (Å²) in [6.45, 7) is 2.71. The maximum atomic E-state index is 10.9. The van der Waals surface area contributed by atoms with Crippen LogP contribution >= 0.6 is 22.9 Å². The maximum Gasteiger partial charge on any atom is 0.228 e. The summed E-state index contributed by atoms with van der Waals surface area (Å²) in [6, 6.07) is 7.98. The van der Waals surface area contributed by atoms with Crippen LogP contribution in [0.5, 0.6) is 5.75 Å². The van der Waals surface area contributed by atoms with Gasteiger partial charge in [-0.25, -0.2) is 0 Å². The Morgan fingerprint density at radius 3 is 2.62 bits per heavy atom. The van der Waals surface area contributed by atoms with E-state index in [4.69, 9.17) is 4.74 Å². The molecule has 1 amide bonds. The van der Waals surface area contributed by atoms with Crippen LogP contribution in [0.1, 0.15) is 24.8 Å². The fourth-order valence-electron chi connectivity index (χ4n) is 1.26. The van der Waals surface area contributed by atoms with Crippen LogP contribution in [-0.2, 0) is 4.79 Å². The largest absolute Gasteiger partial charge is 0.494 e. The molecule has 1 aromatic carbocycles. The van der Waals surface area contributed by atoms with Gasteiger partial charge in [0.15, 0.2) is 0 Å². The second-order valence-corrected chi connectivity index (χ2v) is 4.18. The van der Waals surface area contributed by atoms with E-state index in [9.17, 15) is 4.79 Å². The summed E-state index contributed by atoms with van der Waals surface area (Å²) in [5.41, 5.74) is 1.23. The number of rotatable bonds is 6. The van der Waals surface area contributed by atoms with Crippen molar-refractivity contribution in [3.05, 3.63) is 29.8 Å². The molecule has 0 aliphatic rings. The molecule has 0 heterocycles. The van der Waals surface area contributed by atoms with Crippen molar-refractivity contribution in [1.29, 1.82) is 0 Å². The first kappa shape index (κ1) is 13.3. The van der Waals surface area contributed by atoms with Gasteiger partial charge in [0, 0.05) is 6.42 Å². The van der Waals surface area contributed by atoms with E-state index in [0.717, 1.165) is 18.6 Å². The average Bonchev–Trinajstić information content (AvgIpc) is 2.31. The molecule has 0 saturated heterocycles. The van der Waals surface area contributed by atoms with Gasteiger partial charge >= 0.3 is 0 Å². The lowest BCUT2D eigenvalue weighted by Crippen LogP contribution is -2.11. The molecule has 0 aromatic heterocycles. The lowest BCUT2D eigenvalue weighted by atomic mass is 10.2. The number of aryl methyl sites for hydroxylation is 1. The minimum Gasteiger partial charge on any atom is -0.494 e. The number of amides is 1. The van der Waals surface area contributed by atoms with Gasteiger partial charge < -0.3 is 4.74 Å². The lowest BCUT2D eigenvalue weighted by Gasteiger charge is -2.05. The van der Waals surface area contributed by atoms with Gasteiger partial charge in [0.2, 0.25) is 5.91 Å². The normalized spacial score (nSPS) is 9.88. The number of halogens is 1. The summed E-state index contributed by atoms with van der Waals surface area (Å²) in [4.78, 5) is 10.9. The molecule has 0 fully saturated rings. The van der Waals surface area contributed by atoms with Crippen LogP contribution in [0, 0.1) is 6.92 Å². The molecule has 0 aliphatic carbocycles. The molecule has 0 saturated carbocycles. The van der Waals surface area contributed by atoms with E-state index in [2.05, 4.69) is 3.53 Å². The standard InChI is InChI=1S/C12H16INO2/c1-10-5-7-11(8-6-10)16-9-3-2-4-12(15)14-13/h5-8H,2-4,9H2,1H3,(H,14,15). The Labute approximate surface area is 110 Å². The quantitative estimate of drug-likeness (QED) is 0.494. The van der Waals surface area contributed by atoms with Gasteiger partial charge in [-0.2, -0.15) is 0 Å². The van der Waals surface area contributed by atoms with E-state index in [1.54, 1.807) is 0 Å². The molecular weight excluding hydrogens is 317 g/mol. The number of carbonyl (C=O) groups excluding carboxylic acids is 1. The Bertz CT molecular complexity index is 324. The summed E-state index contributed by atoms with van der Waals surface area (Å²) < 4.78 is 8.11. The molecule has 0 atom stereocenters. The second-order valence-electron chi connectivity index (χ2n) is 3.64. The molecule has 16 heavy (non-hydrogen) atoms. The molecule has 0 aliphatic heterocycles. The molecule has 3 nitrogen and oxygen atoms in total. The van der Waals surface area contributed by atoms with Gasteiger partial charge in [0.25, 0.3) is 0 Å². The van der Waals surface area contributed by atoms with Gasteiger partial charge in [-0.05, 0) is 31.9 Å². The predicted molar refractivity (Wildman–Crippen MR) is 72.7 cm³/mol. The molecule has 0 spiro atoms. The van der Waals surface area contributed by atoms with E-state index in [0.29, 0.717) is 13.0 Å². The molecule has 0 radical (unpaired) electrons. The minimum absolute atomic E-state index is 0.0796. The topological polar surface area (TPSA) is 38.3 Å². The van der Waals surface area contributed by atoms with Crippen LogP contribution in [0.2, 0.25) is 0 Å². The first-order valence-electron chi connectivity index (χ1n) is 5.31. The van der Waals surface area contributed by atoms with Crippen LogP contribution < -0.4 is 8.27 Å². The third kappa shape index (κ3) is 5.34. The minimum atomic E-state index is 0.0796. The predicted octanol–water partition coefficient (Wildman–Crippen LogP) is 3.01. The fraction of sp³-hybridized carbons (Fsp3) is 0.417. The zero-order chi connectivity index (χ0) is 11.8. The Hall–Kier alpha value is -0.780. The van der Waals surface area contributed by atoms with E-state index in [-0.39, 0.29) is 5.91 Å². The van der Waals surface area contributed by atoms with Crippen LogP contribution in [0.4, 0.5) is 0 Å². The van der Waals surface area contributed by atoms with Crippen molar-refractivity contribution in [2.75, 3.05) is 6.61 Å². The van der Waals surface area contributed by atoms with Crippen LogP contribution in [0.15, 0.2) is 24.3 Å². The number of ether oxygens (including phenoxy) is 1. The van der Waals surface area contributed by atoms with E-state index < -0.39 is 0 Å². The third-order valence-electron chi connectivity index (χ3n) is 2.19. The van der Waals surface area contributed by atoms with Crippen LogP contribution in [0.3, 0.4) is 0 Å². The molecule has 1 N–H and O–H groups in total. The average molecular weight is 333 g/mol. The molecule has 1 rings (SSSR count). The molecule has 0 unspecified atom stereocenters. The summed E-state index contributed by atoms with van der Waals surface area (Å²) in [6.07, 6.45) is 2.33. The molecule has 1 aromatic rings. The highest BCUT2D eigenvalue weighted by molar-refractivity contribution is 14.1. The van der Waals surface area contributed by atoms with Crippen molar-refractivity contribution in [1.82, 2.24) is 3.53 Å². The van der Waals surface area contributed by atoms with Crippen molar-refractivity contribution in [3.63, 3.8) is 0 Å². The number of nitrogens with one attached hydrogen (secondary N) is 1. The molecule has 88 valence electrons. The monoisotopic (exact) mass is 333 g/mol. The summed E-state index contributed by atoms with van der Waals surface area (Å²) in [7, 11) is 0. The maximum absolute atomic E-state index is 10.9. The first-order chi connectivity index (χ1) is 7.72. The number of carbonyl (C=O) groups is 1. The smallest absolute Gasteiger partial charge is 0.228 e. The van der Waals surface area contributed by atoms with Crippen molar-refractivity contribution in [2.24, 2.45) is 0 Å².